The summed E-state index contributed by atoms with van der Waals surface area (Å²) in [6.45, 7) is 2.01. The van der Waals surface area contributed by atoms with Crippen LogP contribution >= 0.6 is 0 Å². The fraction of sp³-hybridized carbons (Fsp3) is 0.0303. The van der Waals surface area contributed by atoms with Gasteiger partial charge in [0, 0.05) is 38.3 Å². The number of hydrogen-bond acceptors (Lipinski definition) is 4. The molecule has 7 heteroatoms. The van der Waals surface area contributed by atoms with Gasteiger partial charge in [-0.1, -0.05) is 84.9 Å². The van der Waals surface area contributed by atoms with Crippen molar-refractivity contribution < 1.29 is 13.0 Å². The zero-order valence-corrected chi connectivity index (χ0v) is 22.5. The Labute approximate surface area is 231 Å². The lowest BCUT2D eigenvalue weighted by Gasteiger charge is -2.02. The van der Waals surface area contributed by atoms with Crippen LogP contribution in [0.15, 0.2) is 137 Å². The fourth-order valence-corrected chi connectivity index (χ4v) is 5.17. The molecule has 0 aliphatic rings. The first-order valence-electron chi connectivity index (χ1n) is 12.6. The maximum atomic E-state index is 12.1. The van der Waals surface area contributed by atoms with E-state index < -0.39 is 10.1 Å². The van der Waals surface area contributed by atoms with Gasteiger partial charge < -0.3 is 4.98 Å². The number of hydrogen-bond donors (Lipinski definition) is 2. The molecule has 2 heterocycles. The smallest absolute Gasteiger partial charge is 0.295 e. The zero-order chi connectivity index (χ0) is 28.1. The van der Waals surface area contributed by atoms with Crippen LogP contribution in [-0.4, -0.2) is 22.9 Å². The van der Waals surface area contributed by atoms with Gasteiger partial charge >= 0.3 is 0 Å². The number of nitrogens with zero attached hydrogens (tertiary/aromatic N) is 1. The van der Waals surface area contributed by atoms with Gasteiger partial charge in [-0.05, 0) is 54.8 Å². The Morgan fingerprint density at radius 1 is 0.600 bits per heavy atom. The third-order valence-corrected chi connectivity index (χ3v) is 7.29. The van der Waals surface area contributed by atoms with Crippen LogP contribution in [0.4, 0.5) is 0 Å². The van der Waals surface area contributed by atoms with Gasteiger partial charge in [-0.15, -0.1) is 0 Å². The predicted molar refractivity (Wildman–Crippen MR) is 162 cm³/mol. The van der Waals surface area contributed by atoms with E-state index in [-0.39, 0.29) is 10.3 Å². The van der Waals surface area contributed by atoms with E-state index in [0.717, 1.165) is 38.4 Å². The van der Waals surface area contributed by atoms with Gasteiger partial charge in [0.25, 0.3) is 10.1 Å². The van der Waals surface area contributed by atoms with Crippen molar-refractivity contribution in [2.45, 2.75) is 11.8 Å². The van der Waals surface area contributed by atoms with Gasteiger partial charge in [0.2, 0.25) is 0 Å². The first-order chi connectivity index (χ1) is 19.3. The molecule has 0 unspecified atom stereocenters. The lowest BCUT2D eigenvalue weighted by molar-refractivity contribution is 0.484. The molecule has 0 saturated carbocycles. The normalized spacial score (nSPS) is 11.1. The van der Waals surface area contributed by atoms with E-state index in [2.05, 4.69) is 22.1 Å². The molecule has 2 aromatic heterocycles. The molecule has 5 aromatic carbocycles. The van der Waals surface area contributed by atoms with Gasteiger partial charge in [0.1, 0.15) is 4.90 Å². The van der Waals surface area contributed by atoms with Crippen LogP contribution in [-0.2, 0) is 10.1 Å². The van der Waals surface area contributed by atoms with Crippen molar-refractivity contribution in [3.8, 4) is 0 Å². The molecule has 0 aliphatic heterocycles. The number of rotatable bonds is 1. The first-order valence-corrected chi connectivity index (χ1v) is 14.0. The molecule has 0 amide bonds. The van der Waals surface area contributed by atoms with Gasteiger partial charge in [0.05, 0.1) is 5.52 Å². The average molecular weight is 547 g/mol. The van der Waals surface area contributed by atoms with Crippen molar-refractivity contribution in [1.29, 1.82) is 0 Å². The molecule has 40 heavy (non-hydrogen) atoms. The lowest BCUT2D eigenvalue weighted by atomic mass is 10.1. The van der Waals surface area contributed by atoms with E-state index >= 15 is 0 Å². The van der Waals surface area contributed by atoms with Crippen molar-refractivity contribution in [3.05, 3.63) is 143 Å². The second kappa shape index (κ2) is 11.5. The molecule has 0 bridgehead atoms. The Morgan fingerprint density at radius 3 is 1.77 bits per heavy atom. The van der Waals surface area contributed by atoms with Gasteiger partial charge in [-0.25, -0.2) is 0 Å². The lowest BCUT2D eigenvalue weighted by Crippen LogP contribution is -2.03. The van der Waals surface area contributed by atoms with Crippen LogP contribution in [0.25, 0.3) is 43.5 Å². The van der Waals surface area contributed by atoms with E-state index in [1.165, 1.54) is 11.5 Å². The molecular weight excluding hydrogens is 520 g/mol. The van der Waals surface area contributed by atoms with Crippen LogP contribution in [0.2, 0.25) is 0 Å². The first kappa shape index (κ1) is 26.7. The molecule has 0 atom stereocenters. The van der Waals surface area contributed by atoms with E-state index in [1.54, 1.807) is 30.3 Å². The van der Waals surface area contributed by atoms with E-state index in [1.807, 2.05) is 85.8 Å². The third kappa shape index (κ3) is 5.91. The Kier molecular flexibility index (Phi) is 7.68. The van der Waals surface area contributed by atoms with Crippen molar-refractivity contribution in [2.75, 3.05) is 0 Å². The molecule has 7 rings (SSSR count). The van der Waals surface area contributed by atoms with Crippen LogP contribution in [0.5, 0.6) is 0 Å². The van der Waals surface area contributed by atoms with E-state index in [0.29, 0.717) is 5.39 Å². The number of aromatic amines is 1. The highest BCUT2D eigenvalue weighted by Crippen LogP contribution is 2.22. The molecule has 0 spiro atoms. The fourth-order valence-electron chi connectivity index (χ4n) is 4.46. The van der Waals surface area contributed by atoms with Crippen LogP contribution in [0.1, 0.15) is 5.69 Å². The van der Waals surface area contributed by atoms with E-state index in [9.17, 15) is 13.2 Å². The summed E-state index contributed by atoms with van der Waals surface area (Å²) in [5, 5.41) is 4.03. The van der Waals surface area contributed by atoms with Crippen molar-refractivity contribution in [1.82, 2.24) is 9.97 Å². The number of pyridine rings is 2. The minimum absolute atomic E-state index is 0.0457. The minimum Gasteiger partial charge on any atom is -0.354 e. The molecule has 198 valence electrons. The standard InChI is InChI=1S/C13H9NO.C10H9N.C10H8O3S/c15-13-9-5-1-3-7-11(9)14-12-8-4-2-6-10(12)13;1-8-6-7-9-4-2-3-5-10(9)11-8;11-14(12,13)10-7-3-5-8-4-1-2-6-9(8)10/h1-8H,(H,14,15);2-7H,1H3;1-7H,(H,11,12,13). The van der Waals surface area contributed by atoms with Crippen molar-refractivity contribution >= 4 is 53.6 Å². The van der Waals surface area contributed by atoms with Gasteiger partial charge in [-0.3, -0.25) is 14.3 Å². The maximum absolute atomic E-state index is 12.1. The number of benzene rings is 5. The second-order valence-corrected chi connectivity index (χ2v) is 10.5. The Balaban J connectivity index is 0.000000123. The molecule has 2 N–H and O–H groups in total. The molecule has 6 nitrogen and oxygen atoms in total. The summed E-state index contributed by atoms with van der Waals surface area (Å²) in [6, 6.07) is 39.2. The van der Waals surface area contributed by atoms with E-state index in [4.69, 9.17) is 4.55 Å². The molecule has 0 fully saturated rings. The maximum Gasteiger partial charge on any atom is 0.295 e. The third-order valence-electron chi connectivity index (χ3n) is 6.38. The number of aromatic nitrogens is 2. The summed E-state index contributed by atoms with van der Waals surface area (Å²) < 4.78 is 31.0. The van der Waals surface area contributed by atoms with Crippen LogP contribution < -0.4 is 5.43 Å². The SMILES string of the molecule is Cc1ccc2ccccc2n1.O=S(=O)(O)c1cccc2ccccc12.O=c1c2ccccc2[nH]c2ccccc12. The number of fused-ring (bicyclic) bond motifs is 4. The largest absolute Gasteiger partial charge is 0.354 e. The van der Waals surface area contributed by atoms with Crippen molar-refractivity contribution in [2.24, 2.45) is 0 Å². The average Bonchev–Trinajstić information content (AvgIpc) is 2.97. The Morgan fingerprint density at radius 2 is 1.12 bits per heavy atom. The molecule has 0 aliphatic carbocycles. The quantitative estimate of drug-likeness (QED) is 0.166. The summed E-state index contributed by atoms with van der Waals surface area (Å²) in [5.74, 6) is 0. The summed E-state index contributed by atoms with van der Waals surface area (Å²) in [5.41, 5.74) is 4.03. The minimum atomic E-state index is -4.13. The van der Waals surface area contributed by atoms with Gasteiger partial charge in [0.15, 0.2) is 5.43 Å². The van der Waals surface area contributed by atoms with Crippen molar-refractivity contribution in [3.63, 3.8) is 0 Å². The van der Waals surface area contributed by atoms with Crippen LogP contribution in [0, 0.1) is 6.92 Å². The Hall–Kier alpha value is -4.85. The summed E-state index contributed by atoms with van der Waals surface area (Å²) in [7, 11) is -4.13. The van der Waals surface area contributed by atoms with Gasteiger partial charge in [-0.2, -0.15) is 8.42 Å². The Bertz CT molecular complexity index is 2070. The highest BCUT2D eigenvalue weighted by atomic mass is 32.2. The second-order valence-electron chi connectivity index (χ2n) is 9.14. The monoisotopic (exact) mass is 546 g/mol. The summed E-state index contributed by atoms with van der Waals surface area (Å²) in [4.78, 5) is 19.6. The summed E-state index contributed by atoms with van der Waals surface area (Å²) in [6.07, 6.45) is 0. The van der Waals surface area contributed by atoms with Crippen LogP contribution in [0.3, 0.4) is 0 Å². The number of H-pyrrole nitrogens is 1. The molecular formula is C33H26N2O4S. The highest BCUT2D eigenvalue weighted by molar-refractivity contribution is 7.86. The topological polar surface area (TPSA) is 100 Å². The molecule has 0 radical (unpaired) electrons. The number of nitrogens with one attached hydrogen (secondary N) is 1. The highest BCUT2D eigenvalue weighted by Gasteiger charge is 2.12. The molecule has 0 saturated heterocycles. The predicted octanol–water partition coefficient (Wildman–Crippen LogP) is 7.31. The summed E-state index contributed by atoms with van der Waals surface area (Å²) >= 11 is 0. The molecule has 7 aromatic rings. The number of aryl methyl sites for hydroxylation is 1. The zero-order valence-electron chi connectivity index (χ0n) is 21.7. The number of para-hydroxylation sites is 3.